The average molecular weight is 232 g/mol. The van der Waals surface area contributed by atoms with Crippen molar-refractivity contribution in [2.75, 3.05) is 7.11 Å². The van der Waals surface area contributed by atoms with Crippen LogP contribution in [0.1, 0.15) is 21.5 Å². The van der Waals surface area contributed by atoms with Gasteiger partial charge in [0.2, 0.25) is 0 Å². The third-order valence-electron chi connectivity index (χ3n) is 2.42. The first-order valence-corrected chi connectivity index (χ1v) is 5.28. The van der Waals surface area contributed by atoms with E-state index in [-0.39, 0.29) is 5.56 Å². The van der Waals surface area contributed by atoms with E-state index < -0.39 is 5.97 Å². The third-order valence-corrected chi connectivity index (χ3v) is 2.42. The zero-order valence-electron chi connectivity index (χ0n) is 9.90. The van der Waals surface area contributed by atoms with Crippen molar-refractivity contribution < 1.29 is 14.6 Å². The van der Waals surface area contributed by atoms with Crippen LogP contribution in [0.2, 0.25) is 0 Å². The maximum absolute atomic E-state index is 11.0. The molecule has 3 nitrogen and oxygen atoms in total. The quantitative estimate of drug-likeness (QED) is 0.767. The number of hydrogen-bond acceptors (Lipinski definition) is 2. The molecule has 1 rings (SSSR count). The molecule has 0 aliphatic heterocycles. The molecule has 0 radical (unpaired) electrons. The highest BCUT2D eigenvalue weighted by Gasteiger charge is 2.13. The molecule has 1 aromatic rings. The molecular weight excluding hydrogens is 216 g/mol. The fourth-order valence-corrected chi connectivity index (χ4v) is 1.75. The van der Waals surface area contributed by atoms with E-state index in [4.69, 9.17) is 9.84 Å². The second-order valence-electron chi connectivity index (χ2n) is 3.62. The second-order valence-corrected chi connectivity index (χ2v) is 3.62. The topological polar surface area (TPSA) is 46.5 Å². The van der Waals surface area contributed by atoms with Crippen molar-refractivity contribution in [1.82, 2.24) is 0 Å². The lowest BCUT2D eigenvalue weighted by Gasteiger charge is -2.13. The lowest BCUT2D eigenvalue weighted by Crippen LogP contribution is -2.03. The predicted octanol–water partition coefficient (Wildman–Crippen LogP) is 2.85. The van der Waals surface area contributed by atoms with Gasteiger partial charge in [0, 0.05) is 0 Å². The summed E-state index contributed by atoms with van der Waals surface area (Å²) in [6, 6.07) is 3.24. The van der Waals surface area contributed by atoms with E-state index in [1.807, 2.05) is 0 Å². The van der Waals surface area contributed by atoms with Crippen molar-refractivity contribution in [2.45, 2.75) is 12.8 Å². The molecule has 0 saturated heterocycles. The van der Waals surface area contributed by atoms with Gasteiger partial charge in [-0.15, -0.1) is 13.2 Å². The molecule has 0 bridgehead atoms. The minimum Gasteiger partial charge on any atom is -0.496 e. The molecule has 0 aromatic heterocycles. The van der Waals surface area contributed by atoms with Crippen LogP contribution in [0, 0.1) is 0 Å². The number of carboxylic acid groups (broad SMARTS) is 1. The highest BCUT2D eigenvalue weighted by molar-refractivity contribution is 5.88. The van der Waals surface area contributed by atoms with Gasteiger partial charge in [0.05, 0.1) is 12.7 Å². The molecule has 1 aromatic carbocycles. The maximum atomic E-state index is 11.0. The second kappa shape index (κ2) is 5.89. The molecule has 0 heterocycles. The Morgan fingerprint density at radius 2 is 1.76 bits per heavy atom. The standard InChI is InChI=1S/C14H16O3/c1-4-6-10-8-12(14(15)16)9-11(7-5-2)13(10)17-3/h4-5,8-9H,1-2,6-7H2,3H3,(H,15,16). The van der Waals surface area contributed by atoms with Crippen LogP contribution in [0.15, 0.2) is 37.4 Å². The molecule has 0 fully saturated rings. The van der Waals surface area contributed by atoms with Gasteiger partial charge in [-0.2, -0.15) is 0 Å². The van der Waals surface area contributed by atoms with Crippen molar-refractivity contribution in [1.29, 1.82) is 0 Å². The summed E-state index contributed by atoms with van der Waals surface area (Å²) in [4.78, 5) is 11.0. The normalized spacial score (nSPS) is 9.71. The van der Waals surface area contributed by atoms with Crippen molar-refractivity contribution >= 4 is 5.97 Å². The number of benzene rings is 1. The van der Waals surface area contributed by atoms with Crippen molar-refractivity contribution in [2.24, 2.45) is 0 Å². The Kier molecular flexibility index (Phi) is 4.52. The minimum absolute atomic E-state index is 0.263. The Labute approximate surface area is 101 Å². The average Bonchev–Trinajstić information content (AvgIpc) is 2.29. The Balaban J connectivity index is 3.38. The molecule has 0 amide bonds. The smallest absolute Gasteiger partial charge is 0.335 e. The van der Waals surface area contributed by atoms with Crippen LogP contribution in [0.4, 0.5) is 0 Å². The van der Waals surface area contributed by atoms with E-state index in [0.717, 1.165) is 16.9 Å². The molecule has 1 N–H and O–H groups in total. The number of methoxy groups -OCH3 is 1. The van der Waals surface area contributed by atoms with Crippen LogP contribution in [0.5, 0.6) is 5.75 Å². The summed E-state index contributed by atoms with van der Waals surface area (Å²) in [5.74, 6) is -0.224. The zero-order chi connectivity index (χ0) is 12.8. The van der Waals surface area contributed by atoms with Gasteiger partial charge < -0.3 is 9.84 Å². The Morgan fingerprint density at radius 1 is 1.29 bits per heavy atom. The lowest BCUT2D eigenvalue weighted by atomic mass is 9.99. The van der Waals surface area contributed by atoms with Crippen LogP contribution >= 0.6 is 0 Å². The Bertz CT molecular complexity index is 416. The SMILES string of the molecule is C=CCc1cc(C(=O)O)cc(CC=C)c1OC. The van der Waals surface area contributed by atoms with Gasteiger partial charge in [-0.05, 0) is 36.1 Å². The van der Waals surface area contributed by atoms with Crippen molar-refractivity contribution in [3.8, 4) is 5.75 Å². The summed E-state index contributed by atoms with van der Waals surface area (Å²) in [7, 11) is 1.58. The number of carboxylic acids is 1. The van der Waals surface area contributed by atoms with E-state index in [1.165, 1.54) is 0 Å². The summed E-state index contributed by atoms with van der Waals surface area (Å²) in [5, 5.41) is 9.04. The van der Waals surface area contributed by atoms with Gasteiger partial charge in [-0.3, -0.25) is 0 Å². The molecule has 0 unspecified atom stereocenters. The van der Waals surface area contributed by atoms with E-state index in [0.29, 0.717) is 12.8 Å². The van der Waals surface area contributed by atoms with Gasteiger partial charge in [0.25, 0.3) is 0 Å². The first-order valence-electron chi connectivity index (χ1n) is 5.28. The highest BCUT2D eigenvalue weighted by Crippen LogP contribution is 2.27. The highest BCUT2D eigenvalue weighted by atomic mass is 16.5. The zero-order valence-corrected chi connectivity index (χ0v) is 9.90. The molecular formula is C14H16O3. The fraction of sp³-hybridized carbons (Fsp3) is 0.214. The van der Waals surface area contributed by atoms with Crippen LogP contribution < -0.4 is 4.74 Å². The molecule has 17 heavy (non-hydrogen) atoms. The monoisotopic (exact) mass is 232 g/mol. The van der Waals surface area contributed by atoms with E-state index >= 15 is 0 Å². The van der Waals surface area contributed by atoms with Crippen molar-refractivity contribution in [3.63, 3.8) is 0 Å². The first kappa shape index (κ1) is 13.0. The van der Waals surface area contributed by atoms with Gasteiger partial charge in [-0.25, -0.2) is 4.79 Å². The summed E-state index contributed by atoms with van der Waals surface area (Å²) >= 11 is 0. The lowest BCUT2D eigenvalue weighted by molar-refractivity contribution is 0.0696. The molecule has 0 aliphatic carbocycles. The largest absolute Gasteiger partial charge is 0.496 e. The number of carbonyl (C=O) groups is 1. The summed E-state index contributed by atoms with van der Waals surface area (Å²) in [6.45, 7) is 7.32. The minimum atomic E-state index is -0.941. The summed E-state index contributed by atoms with van der Waals surface area (Å²) in [6.07, 6.45) is 4.60. The molecule has 90 valence electrons. The predicted molar refractivity (Wildman–Crippen MR) is 67.8 cm³/mol. The van der Waals surface area contributed by atoms with Crippen LogP contribution in [-0.4, -0.2) is 18.2 Å². The summed E-state index contributed by atoms with van der Waals surface area (Å²) < 4.78 is 5.33. The van der Waals surface area contributed by atoms with E-state index in [2.05, 4.69) is 13.2 Å². The van der Waals surface area contributed by atoms with Gasteiger partial charge in [-0.1, -0.05) is 12.2 Å². The van der Waals surface area contributed by atoms with Gasteiger partial charge in [0.1, 0.15) is 5.75 Å². The van der Waals surface area contributed by atoms with Gasteiger partial charge >= 0.3 is 5.97 Å². The first-order chi connectivity index (χ1) is 8.13. The molecule has 3 heteroatoms. The van der Waals surface area contributed by atoms with E-state index in [9.17, 15) is 4.79 Å². The van der Waals surface area contributed by atoms with Gasteiger partial charge in [0.15, 0.2) is 0 Å². The number of hydrogen-bond donors (Lipinski definition) is 1. The van der Waals surface area contributed by atoms with E-state index in [1.54, 1.807) is 31.4 Å². The number of aromatic carboxylic acids is 1. The number of rotatable bonds is 6. The van der Waals surface area contributed by atoms with Crippen LogP contribution in [0.3, 0.4) is 0 Å². The number of allylic oxidation sites excluding steroid dienone is 2. The maximum Gasteiger partial charge on any atom is 0.335 e. The molecule has 0 saturated carbocycles. The fourth-order valence-electron chi connectivity index (χ4n) is 1.75. The molecule has 0 aliphatic rings. The van der Waals surface area contributed by atoms with Crippen LogP contribution in [0.25, 0.3) is 0 Å². The van der Waals surface area contributed by atoms with Crippen molar-refractivity contribution in [3.05, 3.63) is 54.1 Å². The molecule has 0 atom stereocenters. The molecule has 0 spiro atoms. The van der Waals surface area contributed by atoms with Crippen LogP contribution in [-0.2, 0) is 12.8 Å². The third kappa shape index (κ3) is 2.97. The number of ether oxygens (including phenoxy) is 1. The Morgan fingerprint density at radius 3 is 2.06 bits per heavy atom. The Hall–Kier alpha value is -2.03. The summed E-state index contributed by atoms with van der Waals surface area (Å²) in [5.41, 5.74) is 1.93.